The second-order valence-electron chi connectivity index (χ2n) is 7.70. The van der Waals surface area contributed by atoms with Crippen LogP contribution in [-0.2, 0) is 0 Å². The van der Waals surface area contributed by atoms with Gasteiger partial charge < -0.3 is 0 Å². The molecular weight excluding hydrogens is 216 g/mol. The Morgan fingerprint density at radius 2 is 1.39 bits per heavy atom. The molecular formula is C18H34. The molecule has 0 amide bonds. The van der Waals surface area contributed by atoms with E-state index < -0.39 is 0 Å². The predicted octanol–water partition coefficient (Wildman–Crippen LogP) is 6.06. The molecule has 0 heterocycles. The SMILES string of the molecule is CC(C)C1CCCCC1(C(C)C)C1CCCCC1. The van der Waals surface area contributed by atoms with E-state index in [0.717, 1.165) is 23.7 Å². The first-order chi connectivity index (χ1) is 8.59. The number of rotatable bonds is 3. The van der Waals surface area contributed by atoms with Gasteiger partial charge in [0.05, 0.1) is 0 Å². The Kier molecular flexibility index (Phi) is 4.78. The second kappa shape index (κ2) is 5.97. The van der Waals surface area contributed by atoms with Crippen LogP contribution in [0.3, 0.4) is 0 Å². The molecule has 2 rings (SSSR count). The summed E-state index contributed by atoms with van der Waals surface area (Å²) in [6.07, 6.45) is 13.6. The van der Waals surface area contributed by atoms with E-state index >= 15 is 0 Å². The van der Waals surface area contributed by atoms with Crippen molar-refractivity contribution in [3.63, 3.8) is 0 Å². The quantitative estimate of drug-likeness (QED) is 0.571. The van der Waals surface area contributed by atoms with Crippen LogP contribution in [-0.4, -0.2) is 0 Å². The molecule has 0 saturated heterocycles. The van der Waals surface area contributed by atoms with Crippen molar-refractivity contribution in [2.75, 3.05) is 0 Å². The minimum atomic E-state index is 0.687. The van der Waals surface area contributed by atoms with Crippen LogP contribution in [0.25, 0.3) is 0 Å². The topological polar surface area (TPSA) is 0 Å². The van der Waals surface area contributed by atoms with Crippen LogP contribution >= 0.6 is 0 Å². The number of hydrogen-bond acceptors (Lipinski definition) is 0. The molecule has 0 radical (unpaired) electrons. The molecule has 0 bridgehead atoms. The van der Waals surface area contributed by atoms with Crippen molar-refractivity contribution in [1.29, 1.82) is 0 Å². The highest BCUT2D eigenvalue weighted by atomic mass is 14.5. The van der Waals surface area contributed by atoms with Gasteiger partial charge in [-0.15, -0.1) is 0 Å². The maximum Gasteiger partial charge on any atom is -0.0215 e. The summed E-state index contributed by atoms with van der Waals surface area (Å²) in [7, 11) is 0. The van der Waals surface area contributed by atoms with Crippen molar-refractivity contribution in [3.05, 3.63) is 0 Å². The van der Waals surface area contributed by atoms with Gasteiger partial charge in [0.15, 0.2) is 0 Å². The average Bonchev–Trinajstić information content (AvgIpc) is 2.39. The summed E-state index contributed by atoms with van der Waals surface area (Å²) in [6, 6.07) is 0. The van der Waals surface area contributed by atoms with Crippen LogP contribution in [0, 0.1) is 29.1 Å². The summed E-state index contributed by atoms with van der Waals surface area (Å²) in [4.78, 5) is 0. The summed E-state index contributed by atoms with van der Waals surface area (Å²) < 4.78 is 0. The van der Waals surface area contributed by atoms with Crippen LogP contribution in [0.4, 0.5) is 0 Å². The van der Waals surface area contributed by atoms with Crippen molar-refractivity contribution in [2.24, 2.45) is 29.1 Å². The first-order valence-corrected chi connectivity index (χ1v) is 8.59. The second-order valence-corrected chi connectivity index (χ2v) is 7.70. The lowest BCUT2D eigenvalue weighted by Crippen LogP contribution is -2.47. The van der Waals surface area contributed by atoms with Crippen molar-refractivity contribution in [1.82, 2.24) is 0 Å². The molecule has 0 aliphatic heterocycles. The Balaban J connectivity index is 2.27. The standard InChI is InChI=1S/C18H34/c1-14(2)17-12-8-9-13-18(17,15(3)4)16-10-6-5-7-11-16/h14-17H,5-13H2,1-4H3. The van der Waals surface area contributed by atoms with Gasteiger partial charge in [-0.2, -0.15) is 0 Å². The summed E-state index contributed by atoms with van der Waals surface area (Å²) in [6.45, 7) is 10.0. The molecule has 2 aliphatic rings. The third-order valence-electron chi connectivity index (χ3n) is 6.31. The Labute approximate surface area is 115 Å². The zero-order valence-corrected chi connectivity index (χ0v) is 13.2. The van der Waals surface area contributed by atoms with Crippen LogP contribution in [0.2, 0.25) is 0 Å². The first-order valence-electron chi connectivity index (χ1n) is 8.59. The fourth-order valence-corrected chi connectivity index (χ4v) is 5.54. The zero-order valence-electron chi connectivity index (χ0n) is 13.2. The van der Waals surface area contributed by atoms with E-state index in [4.69, 9.17) is 0 Å². The smallest absolute Gasteiger partial charge is 0.0215 e. The van der Waals surface area contributed by atoms with Crippen LogP contribution in [0.5, 0.6) is 0 Å². The predicted molar refractivity (Wildman–Crippen MR) is 80.6 cm³/mol. The average molecular weight is 250 g/mol. The van der Waals surface area contributed by atoms with E-state index in [1.165, 1.54) is 57.8 Å². The van der Waals surface area contributed by atoms with Crippen molar-refractivity contribution in [3.8, 4) is 0 Å². The molecule has 0 spiro atoms. The van der Waals surface area contributed by atoms with Gasteiger partial charge >= 0.3 is 0 Å². The van der Waals surface area contributed by atoms with E-state index in [2.05, 4.69) is 27.7 Å². The van der Waals surface area contributed by atoms with Crippen molar-refractivity contribution in [2.45, 2.75) is 85.5 Å². The summed E-state index contributed by atoms with van der Waals surface area (Å²) in [5.41, 5.74) is 0.687. The van der Waals surface area contributed by atoms with Gasteiger partial charge in [-0.25, -0.2) is 0 Å². The monoisotopic (exact) mass is 250 g/mol. The molecule has 2 aliphatic carbocycles. The largest absolute Gasteiger partial charge is 0.0625 e. The van der Waals surface area contributed by atoms with Crippen LogP contribution < -0.4 is 0 Å². The summed E-state index contributed by atoms with van der Waals surface area (Å²) in [5.74, 6) is 3.80. The third kappa shape index (κ3) is 2.49. The van der Waals surface area contributed by atoms with Gasteiger partial charge in [-0.05, 0) is 54.8 Å². The summed E-state index contributed by atoms with van der Waals surface area (Å²) >= 11 is 0. The van der Waals surface area contributed by atoms with Gasteiger partial charge in [-0.3, -0.25) is 0 Å². The fourth-order valence-electron chi connectivity index (χ4n) is 5.54. The Morgan fingerprint density at radius 3 is 1.94 bits per heavy atom. The molecule has 0 aromatic rings. The van der Waals surface area contributed by atoms with Crippen LogP contribution in [0.15, 0.2) is 0 Å². The molecule has 2 unspecified atom stereocenters. The van der Waals surface area contributed by atoms with E-state index in [1.807, 2.05) is 0 Å². The molecule has 0 nitrogen and oxygen atoms in total. The van der Waals surface area contributed by atoms with Crippen molar-refractivity contribution < 1.29 is 0 Å². The summed E-state index contributed by atoms with van der Waals surface area (Å²) in [5, 5.41) is 0. The molecule has 0 aromatic carbocycles. The lowest BCUT2D eigenvalue weighted by Gasteiger charge is -2.55. The van der Waals surface area contributed by atoms with E-state index in [1.54, 1.807) is 0 Å². The molecule has 0 aromatic heterocycles. The Morgan fingerprint density at radius 1 is 0.778 bits per heavy atom. The molecule has 0 N–H and O–H groups in total. The Bertz CT molecular complexity index is 247. The maximum atomic E-state index is 2.52. The van der Waals surface area contributed by atoms with Gasteiger partial charge in [0.1, 0.15) is 0 Å². The zero-order chi connectivity index (χ0) is 13.2. The first kappa shape index (κ1) is 14.4. The van der Waals surface area contributed by atoms with Gasteiger partial charge in [0.2, 0.25) is 0 Å². The fraction of sp³-hybridized carbons (Fsp3) is 1.00. The van der Waals surface area contributed by atoms with Gasteiger partial charge in [-0.1, -0.05) is 59.8 Å². The highest BCUT2D eigenvalue weighted by Gasteiger charge is 2.49. The molecule has 2 atom stereocenters. The minimum Gasteiger partial charge on any atom is -0.0625 e. The molecule has 106 valence electrons. The Hall–Kier alpha value is 0. The van der Waals surface area contributed by atoms with E-state index in [-0.39, 0.29) is 0 Å². The number of hydrogen-bond donors (Lipinski definition) is 0. The van der Waals surface area contributed by atoms with Crippen molar-refractivity contribution >= 4 is 0 Å². The molecule has 18 heavy (non-hydrogen) atoms. The van der Waals surface area contributed by atoms with E-state index in [9.17, 15) is 0 Å². The highest BCUT2D eigenvalue weighted by Crippen LogP contribution is 2.57. The van der Waals surface area contributed by atoms with Crippen LogP contribution in [0.1, 0.15) is 85.5 Å². The normalized spacial score (nSPS) is 35.3. The third-order valence-corrected chi connectivity index (χ3v) is 6.31. The molecule has 0 heteroatoms. The van der Waals surface area contributed by atoms with Gasteiger partial charge in [0, 0.05) is 0 Å². The molecule has 2 saturated carbocycles. The van der Waals surface area contributed by atoms with Gasteiger partial charge in [0.25, 0.3) is 0 Å². The lowest BCUT2D eigenvalue weighted by molar-refractivity contribution is -0.0576. The minimum absolute atomic E-state index is 0.687. The van der Waals surface area contributed by atoms with E-state index in [0.29, 0.717) is 5.41 Å². The molecule has 2 fully saturated rings. The highest BCUT2D eigenvalue weighted by molar-refractivity contribution is 4.98. The maximum absolute atomic E-state index is 2.52. The lowest BCUT2D eigenvalue weighted by atomic mass is 9.50.